The molecule has 2 heteroatoms. The zero-order valence-electron chi connectivity index (χ0n) is 9.42. The molecule has 0 bridgehead atoms. The molecule has 1 N–H and O–H groups in total. The average molecular weight is 188 g/mol. The van der Waals surface area contributed by atoms with E-state index in [0.717, 1.165) is 25.9 Å². The van der Waals surface area contributed by atoms with Gasteiger partial charge in [0.25, 0.3) is 0 Å². The summed E-state index contributed by atoms with van der Waals surface area (Å²) in [6, 6.07) is 0. The fraction of sp³-hybridized carbons (Fsp3) is 1.00. The Kier molecular flexibility index (Phi) is 7.29. The highest BCUT2D eigenvalue weighted by Gasteiger charge is 2.16. The van der Waals surface area contributed by atoms with Crippen molar-refractivity contribution in [2.45, 2.75) is 59.2 Å². The predicted octanol–water partition coefficient (Wildman–Crippen LogP) is 2.60. The summed E-state index contributed by atoms with van der Waals surface area (Å²) >= 11 is 0. The van der Waals surface area contributed by atoms with Crippen molar-refractivity contribution < 1.29 is 9.84 Å². The number of rotatable bonds is 7. The highest BCUT2D eigenvalue weighted by atomic mass is 16.5. The lowest BCUT2D eigenvalue weighted by atomic mass is 10.1. The lowest BCUT2D eigenvalue weighted by Crippen LogP contribution is -2.29. The van der Waals surface area contributed by atoms with Crippen LogP contribution < -0.4 is 0 Å². The zero-order chi connectivity index (χ0) is 10.3. The molecule has 0 spiro atoms. The minimum Gasteiger partial charge on any atom is -0.390 e. The fourth-order valence-corrected chi connectivity index (χ4v) is 1.30. The molecule has 13 heavy (non-hydrogen) atoms. The summed E-state index contributed by atoms with van der Waals surface area (Å²) in [6.45, 7) is 9.14. The summed E-state index contributed by atoms with van der Waals surface area (Å²) < 4.78 is 5.62. The monoisotopic (exact) mass is 188 g/mol. The van der Waals surface area contributed by atoms with Crippen molar-refractivity contribution in [3.05, 3.63) is 0 Å². The second-order valence-electron chi connectivity index (χ2n) is 4.03. The summed E-state index contributed by atoms with van der Waals surface area (Å²) in [6.07, 6.45) is 2.50. The van der Waals surface area contributed by atoms with Gasteiger partial charge in [-0.2, -0.15) is 0 Å². The minimum atomic E-state index is -0.284. The van der Waals surface area contributed by atoms with Crippen molar-refractivity contribution in [1.29, 1.82) is 0 Å². The van der Waals surface area contributed by atoms with Crippen molar-refractivity contribution in [3.8, 4) is 0 Å². The van der Waals surface area contributed by atoms with E-state index < -0.39 is 0 Å². The molecule has 0 radical (unpaired) electrons. The normalized spacial score (nSPS) is 16.2. The van der Waals surface area contributed by atoms with Crippen molar-refractivity contribution in [1.82, 2.24) is 0 Å². The Balaban J connectivity index is 3.73. The maximum Gasteiger partial charge on any atom is 0.0831 e. The summed E-state index contributed by atoms with van der Waals surface area (Å²) in [5.41, 5.74) is 0. The molecule has 0 aliphatic carbocycles. The van der Waals surface area contributed by atoms with E-state index in [1.165, 1.54) is 0 Å². The maximum absolute atomic E-state index is 9.70. The van der Waals surface area contributed by atoms with E-state index in [-0.39, 0.29) is 12.2 Å². The molecule has 0 aromatic rings. The first-order chi connectivity index (χ1) is 6.11. The van der Waals surface area contributed by atoms with Crippen LogP contribution in [0.2, 0.25) is 0 Å². The Labute approximate surface area is 82.3 Å². The Hall–Kier alpha value is -0.0800. The van der Waals surface area contributed by atoms with Gasteiger partial charge in [-0.3, -0.25) is 0 Å². The van der Waals surface area contributed by atoms with Crippen LogP contribution in [0, 0.1) is 5.92 Å². The largest absolute Gasteiger partial charge is 0.390 e. The van der Waals surface area contributed by atoms with E-state index in [4.69, 9.17) is 4.74 Å². The highest BCUT2D eigenvalue weighted by Crippen LogP contribution is 2.11. The first-order valence-electron chi connectivity index (χ1n) is 5.41. The van der Waals surface area contributed by atoms with E-state index >= 15 is 0 Å². The molecule has 2 unspecified atom stereocenters. The first kappa shape index (κ1) is 12.9. The summed E-state index contributed by atoms with van der Waals surface area (Å²) in [5, 5.41) is 9.70. The minimum absolute atomic E-state index is 0.0300. The third kappa shape index (κ3) is 6.05. The molecule has 0 saturated carbocycles. The van der Waals surface area contributed by atoms with Gasteiger partial charge < -0.3 is 9.84 Å². The molecule has 80 valence electrons. The molecule has 0 heterocycles. The molecule has 0 aromatic heterocycles. The predicted molar refractivity (Wildman–Crippen MR) is 55.8 cm³/mol. The number of hydrogen-bond acceptors (Lipinski definition) is 2. The van der Waals surface area contributed by atoms with Crippen molar-refractivity contribution >= 4 is 0 Å². The van der Waals surface area contributed by atoms with Gasteiger partial charge in [-0.05, 0) is 18.8 Å². The second kappa shape index (κ2) is 7.34. The smallest absolute Gasteiger partial charge is 0.0831 e. The SMILES string of the molecule is CCCC(O)C(CC)OCC(C)C. The Morgan fingerprint density at radius 1 is 1.23 bits per heavy atom. The van der Waals surface area contributed by atoms with Crippen LogP contribution in [0.4, 0.5) is 0 Å². The molecule has 0 aliphatic rings. The number of aliphatic hydroxyl groups excluding tert-OH is 1. The number of ether oxygens (including phenoxy) is 1. The van der Waals surface area contributed by atoms with Gasteiger partial charge in [0, 0.05) is 6.61 Å². The summed E-state index contributed by atoms with van der Waals surface area (Å²) in [5.74, 6) is 0.544. The van der Waals surface area contributed by atoms with Gasteiger partial charge in [0.1, 0.15) is 0 Å². The van der Waals surface area contributed by atoms with Crippen molar-refractivity contribution in [3.63, 3.8) is 0 Å². The van der Waals surface area contributed by atoms with Crippen LogP contribution in [-0.2, 0) is 4.74 Å². The number of aliphatic hydroxyl groups is 1. The van der Waals surface area contributed by atoms with Crippen LogP contribution in [-0.4, -0.2) is 23.9 Å². The molecule has 2 nitrogen and oxygen atoms in total. The van der Waals surface area contributed by atoms with E-state index in [9.17, 15) is 5.11 Å². The molecule has 0 fully saturated rings. The molecular formula is C11H24O2. The Morgan fingerprint density at radius 2 is 1.85 bits per heavy atom. The summed E-state index contributed by atoms with van der Waals surface area (Å²) in [7, 11) is 0. The van der Waals surface area contributed by atoms with Crippen LogP contribution in [0.3, 0.4) is 0 Å². The van der Waals surface area contributed by atoms with Gasteiger partial charge >= 0.3 is 0 Å². The molecular weight excluding hydrogens is 164 g/mol. The average Bonchev–Trinajstić information content (AvgIpc) is 2.05. The van der Waals surface area contributed by atoms with Gasteiger partial charge in [-0.15, -0.1) is 0 Å². The van der Waals surface area contributed by atoms with E-state index in [2.05, 4.69) is 27.7 Å². The molecule has 2 atom stereocenters. The number of hydrogen-bond donors (Lipinski definition) is 1. The van der Waals surface area contributed by atoms with Crippen LogP contribution in [0.5, 0.6) is 0 Å². The third-order valence-electron chi connectivity index (χ3n) is 2.06. The lowest BCUT2D eigenvalue weighted by molar-refractivity contribution is -0.0505. The van der Waals surface area contributed by atoms with E-state index in [1.54, 1.807) is 0 Å². The van der Waals surface area contributed by atoms with Crippen LogP contribution >= 0.6 is 0 Å². The molecule has 0 aliphatic heterocycles. The van der Waals surface area contributed by atoms with Crippen LogP contribution in [0.1, 0.15) is 47.0 Å². The van der Waals surface area contributed by atoms with Gasteiger partial charge in [0.2, 0.25) is 0 Å². The summed E-state index contributed by atoms with van der Waals surface area (Å²) in [4.78, 5) is 0. The lowest BCUT2D eigenvalue weighted by Gasteiger charge is -2.22. The van der Waals surface area contributed by atoms with Crippen LogP contribution in [0.15, 0.2) is 0 Å². The Morgan fingerprint density at radius 3 is 2.23 bits per heavy atom. The first-order valence-corrected chi connectivity index (χ1v) is 5.41. The van der Waals surface area contributed by atoms with Crippen molar-refractivity contribution in [2.24, 2.45) is 5.92 Å². The third-order valence-corrected chi connectivity index (χ3v) is 2.06. The quantitative estimate of drug-likeness (QED) is 0.665. The zero-order valence-corrected chi connectivity index (χ0v) is 9.42. The highest BCUT2D eigenvalue weighted by molar-refractivity contribution is 4.67. The van der Waals surface area contributed by atoms with Gasteiger partial charge in [-0.25, -0.2) is 0 Å². The van der Waals surface area contributed by atoms with E-state index in [0.29, 0.717) is 5.92 Å². The molecule has 0 aromatic carbocycles. The second-order valence-corrected chi connectivity index (χ2v) is 4.03. The van der Waals surface area contributed by atoms with Crippen LogP contribution in [0.25, 0.3) is 0 Å². The Bertz CT molecular complexity index is 113. The molecule has 0 saturated heterocycles. The van der Waals surface area contributed by atoms with E-state index in [1.807, 2.05) is 0 Å². The molecule has 0 amide bonds. The van der Waals surface area contributed by atoms with Gasteiger partial charge in [-0.1, -0.05) is 34.1 Å². The molecule has 0 rings (SSSR count). The topological polar surface area (TPSA) is 29.5 Å². The van der Waals surface area contributed by atoms with Gasteiger partial charge in [0.15, 0.2) is 0 Å². The fourth-order valence-electron chi connectivity index (χ4n) is 1.30. The maximum atomic E-state index is 9.70. The van der Waals surface area contributed by atoms with Crippen molar-refractivity contribution in [2.75, 3.05) is 6.61 Å². The standard InChI is InChI=1S/C11H24O2/c1-5-7-10(12)11(6-2)13-8-9(3)4/h9-12H,5-8H2,1-4H3. The van der Waals surface area contributed by atoms with Gasteiger partial charge in [0.05, 0.1) is 12.2 Å².